The summed E-state index contributed by atoms with van der Waals surface area (Å²) >= 11 is 0. The molecule has 0 aliphatic rings. The summed E-state index contributed by atoms with van der Waals surface area (Å²) in [7, 11) is 1.57. The minimum atomic E-state index is -0.458. The van der Waals surface area contributed by atoms with Crippen LogP contribution in [-0.4, -0.2) is 24.9 Å². The Morgan fingerprint density at radius 2 is 1.59 bits per heavy atom. The van der Waals surface area contributed by atoms with Crippen molar-refractivity contribution in [2.45, 2.75) is 19.9 Å². The van der Waals surface area contributed by atoms with Crippen LogP contribution in [0.2, 0.25) is 0 Å². The molecule has 0 aliphatic carbocycles. The van der Waals surface area contributed by atoms with Gasteiger partial charge < -0.3 is 20.1 Å². The highest BCUT2D eigenvalue weighted by Gasteiger charge is 2.12. The minimum Gasteiger partial charge on any atom is -0.496 e. The Morgan fingerprint density at radius 3 is 2.34 bits per heavy atom. The quantitative estimate of drug-likeness (QED) is 0.418. The standard InChI is InChI=1S/C25H24N2O5/c1-17(28)32-21-11-7-10-19(14-21)25(30)26-16-20-9-3-5-12-22(20)27-24(29)15-18-8-4-6-13-23(18)31-2/h3-14H,15-16H2,1-2H3,(H,26,30)(H,27,29). The van der Waals surface area contributed by atoms with Crippen LogP contribution in [0.3, 0.4) is 0 Å². The molecule has 7 nitrogen and oxygen atoms in total. The van der Waals surface area contributed by atoms with Crippen molar-refractivity contribution in [1.29, 1.82) is 0 Å². The van der Waals surface area contributed by atoms with Gasteiger partial charge in [0.1, 0.15) is 11.5 Å². The van der Waals surface area contributed by atoms with E-state index < -0.39 is 5.97 Å². The van der Waals surface area contributed by atoms with Crippen LogP contribution >= 0.6 is 0 Å². The summed E-state index contributed by atoms with van der Waals surface area (Å²) < 4.78 is 10.3. The Morgan fingerprint density at radius 1 is 0.875 bits per heavy atom. The van der Waals surface area contributed by atoms with Crippen molar-refractivity contribution in [3.8, 4) is 11.5 Å². The Kier molecular flexibility index (Phi) is 7.59. The van der Waals surface area contributed by atoms with Gasteiger partial charge in [-0.05, 0) is 35.9 Å². The van der Waals surface area contributed by atoms with Gasteiger partial charge in [0.2, 0.25) is 5.91 Å². The molecule has 3 rings (SSSR count). The van der Waals surface area contributed by atoms with Gasteiger partial charge in [0.25, 0.3) is 5.91 Å². The van der Waals surface area contributed by atoms with E-state index in [2.05, 4.69) is 10.6 Å². The number of carbonyl (C=O) groups excluding carboxylic acids is 3. The Balaban J connectivity index is 1.64. The lowest BCUT2D eigenvalue weighted by atomic mass is 10.1. The van der Waals surface area contributed by atoms with Crippen molar-refractivity contribution >= 4 is 23.5 Å². The van der Waals surface area contributed by atoms with Crippen molar-refractivity contribution in [2.24, 2.45) is 0 Å². The number of anilines is 1. The number of nitrogens with one attached hydrogen (secondary N) is 2. The molecule has 0 radical (unpaired) electrons. The molecule has 2 N–H and O–H groups in total. The summed E-state index contributed by atoms with van der Waals surface area (Å²) in [4.78, 5) is 36.3. The number of hydrogen-bond acceptors (Lipinski definition) is 5. The van der Waals surface area contributed by atoms with Crippen LogP contribution in [-0.2, 0) is 22.6 Å². The highest BCUT2D eigenvalue weighted by atomic mass is 16.5. The summed E-state index contributed by atoms with van der Waals surface area (Å²) in [5.74, 6) is -0.0230. The second-order valence-corrected chi connectivity index (χ2v) is 7.00. The normalized spacial score (nSPS) is 10.2. The van der Waals surface area contributed by atoms with Crippen LogP contribution in [0.1, 0.15) is 28.4 Å². The summed E-state index contributed by atoms with van der Waals surface area (Å²) in [5.41, 5.74) is 2.51. The van der Waals surface area contributed by atoms with E-state index in [0.717, 1.165) is 11.1 Å². The first kappa shape index (κ1) is 22.6. The monoisotopic (exact) mass is 432 g/mol. The molecule has 0 spiro atoms. The molecule has 0 saturated carbocycles. The zero-order valence-electron chi connectivity index (χ0n) is 17.9. The van der Waals surface area contributed by atoms with E-state index in [-0.39, 0.29) is 24.8 Å². The van der Waals surface area contributed by atoms with Gasteiger partial charge in [0, 0.05) is 30.3 Å². The van der Waals surface area contributed by atoms with Crippen molar-refractivity contribution in [2.75, 3.05) is 12.4 Å². The number of benzene rings is 3. The molecule has 0 saturated heterocycles. The second kappa shape index (κ2) is 10.8. The molecule has 2 amide bonds. The van der Waals surface area contributed by atoms with E-state index in [0.29, 0.717) is 22.7 Å². The van der Waals surface area contributed by atoms with E-state index in [4.69, 9.17) is 9.47 Å². The minimum absolute atomic E-state index is 0.160. The van der Waals surface area contributed by atoms with Crippen molar-refractivity contribution < 1.29 is 23.9 Å². The average Bonchev–Trinajstić information content (AvgIpc) is 2.78. The number of para-hydroxylation sites is 2. The fraction of sp³-hybridized carbons (Fsp3) is 0.160. The third-order valence-corrected chi connectivity index (χ3v) is 4.63. The molecule has 32 heavy (non-hydrogen) atoms. The number of carbonyl (C=O) groups is 3. The molecule has 3 aromatic carbocycles. The summed E-state index contributed by atoms with van der Waals surface area (Å²) in [6.07, 6.45) is 0.160. The molecular weight excluding hydrogens is 408 g/mol. The molecule has 0 heterocycles. The third kappa shape index (κ3) is 6.18. The molecule has 0 bridgehead atoms. The maximum Gasteiger partial charge on any atom is 0.308 e. The van der Waals surface area contributed by atoms with Crippen LogP contribution < -0.4 is 20.1 Å². The van der Waals surface area contributed by atoms with Gasteiger partial charge in [0.15, 0.2) is 0 Å². The van der Waals surface area contributed by atoms with Gasteiger partial charge in [-0.2, -0.15) is 0 Å². The lowest BCUT2D eigenvalue weighted by Crippen LogP contribution is -2.24. The first-order valence-corrected chi connectivity index (χ1v) is 10.0. The topological polar surface area (TPSA) is 93.7 Å². The van der Waals surface area contributed by atoms with Crippen LogP contribution in [0, 0.1) is 0 Å². The molecule has 0 fully saturated rings. The Labute approximate surface area is 186 Å². The van der Waals surface area contributed by atoms with Crippen molar-refractivity contribution in [3.63, 3.8) is 0 Å². The SMILES string of the molecule is COc1ccccc1CC(=O)Nc1ccccc1CNC(=O)c1cccc(OC(C)=O)c1. The summed E-state index contributed by atoms with van der Waals surface area (Å²) in [6.45, 7) is 1.51. The number of ether oxygens (including phenoxy) is 2. The van der Waals surface area contributed by atoms with E-state index >= 15 is 0 Å². The van der Waals surface area contributed by atoms with E-state index in [1.807, 2.05) is 42.5 Å². The summed E-state index contributed by atoms with van der Waals surface area (Å²) in [5, 5.41) is 5.73. The van der Waals surface area contributed by atoms with Crippen LogP contribution in [0.4, 0.5) is 5.69 Å². The highest BCUT2D eigenvalue weighted by Crippen LogP contribution is 2.20. The van der Waals surface area contributed by atoms with E-state index in [9.17, 15) is 14.4 Å². The maximum atomic E-state index is 12.6. The average molecular weight is 432 g/mol. The molecule has 3 aromatic rings. The second-order valence-electron chi connectivity index (χ2n) is 7.00. The number of esters is 1. The Bertz CT molecular complexity index is 1130. The summed E-state index contributed by atoms with van der Waals surface area (Å²) in [6, 6.07) is 21.0. The lowest BCUT2D eigenvalue weighted by molar-refractivity contribution is -0.131. The number of methoxy groups -OCH3 is 1. The fourth-order valence-electron chi connectivity index (χ4n) is 3.16. The smallest absolute Gasteiger partial charge is 0.308 e. The predicted molar refractivity (Wildman–Crippen MR) is 121 cm³/mol. The Hall–Kier alpha value is -4.13. The molecule has 164 valence electrons. The third-order valence-electron chi connectivity index (χ3n) is 4.63. The molecular formula is C25H24N2O5. The van der Waals surface area contributed by atoms with E-state index in [1.165, 1.54) is 13.0 Å². The van der Waals surface area contributed by atoms with Crippen LogP contribution in [0.15, 0.2) is 72.8 Å². The van der Waals surface area contributed by atoms with Gasteiger partial charge in [-0.15, -0.1) is 0 Å². The highest BCUT2D eigenvalue weighted by molar-refractivity contribution is 5.95. The molecule has 0 aromatic heterocycles. The predicted octanol–water partition coefficient (Wildman–Crippen LogP) is 3.73. The molecule has 7 heteroatoms. The molecule has 0 unspecified atom stereocenters. The van der Waals surface area contributed by atoms with E-state index in [1.54, 1.807) is 31.4 Å². The molecule has 0 atom stereocenters. The first-order valence-electron chi connectivity index (χ1n) is 10.0. The molecule has 0 aliphatic heterocycles. The van der Waals surface area contributed by atoms with Crippen molar-refractivity contribution in [1.82, 2.24) is 5.32 Å². The lowest BCUT2D eigenvalue weighted by Gasteiger charge is -2.13. The zero-order valence-corrected chi connectivity index (χ0v) is 17.9. The van der Waals surface area contributed by atoms with Crippen LogP contribution in [0.5, 0.6) is 11.5 Å². The van der Waals surface area contributed by atoms with Crippen molar-refractivity contribution in [3.05, 3.63) is 89.5 Å². The largest absolute Gasteiger partial charge is 0.496 e. The number of amides is 2. The first-order chi connectivity index (χ1) is 15.5. The van der Waals surface area contributed by atoms with Gasteiger partial charge in [0.05, 0.1) is 13.5 Å². The number of rotatable bonds is 8. The van der Waals surface area contributed by atoms with Gasteiger partial charge >= 0.3 is 5.97 Å². The van der Waals surface area contributed by atoms with Gasteiger partial charge in [-0.25, -0.2) is 0 Å². The van der Waals surface area contributed by atoms with Gasteiger partial charge in [-0.3, -0.25) is 14.4 Å². The van der Waals surface area contributed by atoms with Crippen LogP contribution in [0.25, 0.3) is 0 Å². The fourth-order valence-corrected chi connectivity index (χ4v) is 3.16. The van der Waals surface area contributed by atoms with Gasteiger partial charge in [-0.1, -0.05) is 42.5 Å². The number of hydrogen-bond donors (Lipinski definition) is 2. The maximum absolute atomic E-state index is 12.6. The zero-order chi connectivity index (χ0) is 22.9.